The number of carbonyl (C=O) groups excluding carboxylic acids is 1. The summed E-state index contributed by atoms with van der Waals surface area (Å²) in [5.74, 6) is -0.889. The Labute approximate surface area is 189 Å². The van der Waals surface area contributed by atoms with Crippen molar-refractivity contribution in [1.82, 2.24) is 29.6 Å². The van der Waals surface area contributed by atoms with Gasteiger partial charge in [-0.2, -0.15) is 5.10 Å². The van der Waals surface area contributed by atoms with Gasteiger partial charge in [-0.05, 0) is 56.3 Å². The van der Waals surface area contributed by atoms with E-state index in [-0.39, 0.29) is 17.5 Å². The van der Waals surface area contributed by atoms with E-state index >= 15 is 0 Å². The van der Waals surface area contributed by atoms with Crippen LogP contribution in [0, 0.1) is 11.6 Å². The smallest absolute Gasteiger partial charge is 0.255 e. The van der Waals surface area contributed by atoms with E-state index < -0.39 is 11.6 Å². The van der Waals surface area contributed by atoms with Crippen molar-refractivity contribution >= 4 is 5.91 Å². The Hall–Kier alpha value is -4.01. The fourth-order valence-electron chi connectivity index (χ4n) is 3.63. The van der Waals surface area contributed by atoms with Crippen LogP contribution in [0.25, 0.3) is 22.8 Å². The molecule has 0 aliphatic heterocycles. The first-order chi connectivity index (χ1) is 16.0. The summed E-state index contributed by atoms with van der Waals surface area (Å²) in [7, 11) is 0. The highest BCUT2D eigenvalue weighted by molar-refractivity contribution is 6.00. The van der Waals surface area contributed by atoms with Crippen LogP contribution < -0.4 is 0 Å². The average Bonchev–Trinajstić information content (AvgIpc) is 3.28. The topological polar surface area (TPSA) is 76.8 Å². The zero-order valence-electron chi connectivity index (χ0n) is 18.2. The van der Waals surface area contributed by atoms with Crippen LogP contribution in [0.1, 0.15) is 24.2 Å². The van der Waals surface area contributed by atoms with Gasteiger partial charge in [0.25, 0.3) is 5.91 Å². The Kier molecular flexibility index (Phi) is 6.48. The third-order valence-electron chi connectivity index (χ3n) is 5.23. The van der Waals surface area contributed by atoms with Crippen LogP contribution >= 0.6 is 0 Å². The molecule has 33 heavy (non-hydrogen) atoms. The summed E-state index contributed by atoms with van der Waals surface area (Å²) in [6, 6.07) is 10.1. The van der Waals surface area contributed by atoms with Crippen molar-refractivity contribution in [2.75, 3.05) is 6.54 Å². The normalized spacial score (nSPS) is 11.9. The number of amides is 1. The van der Waals surface area contributed by atoms with Gasteiger partial charge in [0.2, 0.25) is 0 Å². The standard InChI is InChI=1S/C24H22F2N6O/c1-3-32(16(2)15-31-12-9-22(30-31)21-8-6-18(26)14-29-21)24(33)20-13-17(25)5-7-19(20)23-27-10-4-11-28-23/h4-14,16H,3,15H2,1-2H3/t16-/m0/s1. The molecule has 9 heteroatoms. The van der Waals surface area contributed by atoms with Crippen LogP contribution in [-0.4, -0.2) is 48.1 Å². The molecular formula is C24H22F2N6O. The van der Waals surface area contributed by atoms with Gasteiger partial charge in [0, 0.05) is 36.7 Å². The molecule has 0 bridgehead atoms. The quantitative estimate of drug-likeness (QED) is 0.423. The molecule has 0 saturated heterocycles. The van der Waals surface area contributed by atoms with Crippen LogP contribution in [0.15, 0.2) is 67.3 Å². The second-order valence-electron chi connectivity index (χ2n) is 7.49. The van der Waals surface area contributed by atoms with E-state index in [0.717, 1.165) is 6.20 Å². The number of likely N-dealkylation sites (N-methyl/N-ethyl adjacent to an activating group) is 1. The van der Waals surface area contributed by atoms with E-state index in [9.17, 15) is 13.6 Å². The maximum Gasteiger partial charge on any atom is 0.255 e. The van der Waals surface area contributed by atoms with Crippen LogP contribution in [-0.2, 0) is 6.54 Å². The van der Waals surface area contributed by atoms with E-state index in [2.05, 4.69) is 20.1 Å². The minimum Gasteiger partial charge on any atom is -0.334 e. The Balaban J connectivity index is 1.56. The number of pyridine rings is 1. The van der Waals surface area contributed by atoms with Gasteiger partial charge in [-0.15, -0.1) is 0 Å². The number of halogens is 2. The van der Waals surface area contributed by atoms with Crippen molar-refractivity contribution in [3.63, 3.8) is 0 Å². The first-order valence-electron chi connectivity index (χ1n) is 10.5. The summed E-state index contributed by atoms with van der Waals surface area (Å²) in [5, 5.41) is 4.49. The Morgan fingerprint density at radius 1 is 1.03 bits per heavy atom. The van der Waals surface area contributed by atoms with Crippen molar-refractivity contribution in [2.24, 2.45) is 0 Å². The largest absolute Gasteiger partial charge is 0.334 e. The lowest BCUT2D eigenvalue weighted by Gasteiger charge is -2.29. The van der Waals surface area contributed by atoms with Gasteiger partial charge >= 0.3 is 0 Å². The summed E-state index contributed by atoms with van der Waals surface area (Å²) in [6.07, 6.45) is 6.07. The molecule has 0 spiro atoms. The lowest BCUT2D eigenvalue weighted by atomic mass is 10.0. The minimum atomic E-state index is -0.509. The van der Waals surface area contributed by atoms with E-state index in [1.54, 1.807) is 46.4 Å². The summed E-state index contributed by atoms with van der Waals surface area (Å²) < 4.78 is 28.9. The fraction of sp³-hybridized carbons (Fsp3) is 0.208. The summed E-state index contributed by atoms with van der Waals surface area (Å²) >= 11 is 0. The second kappa shape index (κ2) is 9.64. The Morgan fingerprint density at radius 2 is 1.79 bits per heavy atom. The van der Waals surface area contributed by atoms with E-state index in [4.69, 9.17) is 0 Å². The third kappa shape index (κ3) is 4.92. The zero-order valence-corrected chi connectivity index (χ0v) is 18.2. The molecule has 0 unspecified atom stereocenters. The number of carbonyl (C=O) groups is 1. The van der Waals surface area contributed by atoms with Gasteiger partial charge < -0.3 is 4.90 Å². The molecule has 1 atom stereocenters. The van der Waals surface area contributed by atoms with Crippen molar-refractivity contribution in [3.05, 3.63) is 84.4 Å². The van der Waals surface area contributed by atoms with Crippen molar-refractivity contribution in [1.29, 1.82) is 0 Å². The van der Waals surface area contributed by atoms with Crippen LogP contribution in [0.2, 0.25) is 0 Å². The highest BCUT2D eigenvalue weighted by Crippen LogP contribution is 2.24. The maximum absolute atomic E-state index is 14.1. The highest BCUT2D eigenvalue weighted by Gasteiger charge is 2.24. The lowest BCUT2D eigenvalue weighted by Crippen LogP contribution is -2.41. The molecule has 168 valence electrons. The molecule has 0 aliphatic carbocycles. The summed E-state index contributed by atoms with van der Waals surface area (Å²) in [6.45, 7) is 4.59. The van der Waals surface area contributed by atoms with Gasteiger partial charge in [-0.25, -0.2) is 18.7 Å². The predicted octanol–water partition coefficient (Wildman–Crippen LogP) is 4.23. The molecule has 3 aromatic heterocycles. The maximum atomic E-state index is 14.1. The van der Waals surface area contributed by atoms with E-state index in [0.29, 0.717) is 35.9 Å². The average molecular weight is 448 g/mol. The molecule has 0 fully saturated rings. The number of rotatable bonds is 7. The molecule has 3 heterocycles. The molecule has 4 rings (SSSR count). The van der Waals surface area contributed by atoms with Gasteiger partial charge in [-0.1, -0.05) is 0 Å². The number of aromatic nitrogens is 5. The molecular weight excluding hydrogens is 426 g/mol. The van der Waals surface area contributed by atoms with Crippen LogP contribution in [0.4, 0.5) is 8.78 Å². The van der Waals surface area contributed by atoms with Gasteiger partial charge in [0.05, 0.1) is 24.0 Å². The first kappa shape index (κ1) is 22.2. The fourth-order valence-corrected chi connectivity index (χ4v) is 3.63. The van der Waals surface area contributed by atoms with Gasteiger partial charge in [0.1, 0.15) is 17.3 Å². The lowest BCUT2D eigenvalue weighted by molar-refractivity contribution is 0.0685. The molecule has 4 aromatic rings. The Morgan fingerprint density at radius 3 is 2.48 bits per heavy atom. The number of nitrogens with zero attached hydrogens (tertiary/aromatic N) is 6. The molecule has 0 saturated carbocycles. The Bertz CT molecular complexity index is 1240. The van der Waals surface area contributed by atoms with Crippen molar-refractivity contribution in [2.45, 2.75) is 26.4 Å². The zero-order chi connectivity index (χ0) is 23.4. The summed E-state index contributed by atoms with van der Waals surface area (Å²) in [5.41, 5.74) is 1.83. The number of hydrogen-bond donors (Lipinski definition) is 0. The summed E-state index contributed by atoms with van der Waals surface area (Å²) in [4.78, 5) is 27.6. The molecule has 0 aliphatic rings. The van der Waals surface area contributed by atoms with Crippen molar-refractivity contribution in [3.8, 4) is 22.8 Å². The molecule has 0 radical (unpaired) electrons. The third-order valence-corrected chi connectivity index (χ3v) is 5.23. The van der Waals surface area contributed by atoms with Crippen LogP contribution in [0.3, 0.4) is 0 Å². The molecule has 1 amide bonds. The molecule has 7 nitrogen and oxygen atoms in total. The number of benzene rings is 1. The van der Waals surface area contributed by atoms with Crippen LogP contribution in [0.5, 0.6) is 0 Å². The SMILES string of the molecule is CCN(C(=O)c1cc(F)ccc1-c1ncccn1)[C@@H](C)Cn1ccc(-c2ccc(F)cn2)n1. The van der Waals surface area contributed by atoms with E-state index in [1.807, 2.05) is 13.8 Å². The number of hydrogen-bond acceptors (Lipinski definition) is 5. The van der Waals surface area contributed by atoms with Gasteiger partial charge in [0.15, 0.2) is 5.82 Å². The monoisotopic (exact) mass is 448 g/mol. The molecule has 1 aromatic carbocycles. The van der Waals surface area contributed by atoms with E-state index in [1.165, 1.54) is 24.3 Å². The second-order valence-corrected chi connectivity index (χ2v) is 7.49. The van der Waals surface area contributed by atoms with Crippen molar-refractivity contribution < 1.29 is 13.6 Å². The highest BCUT2D eigenvalue weighted by atomic mass is 19.1. The predicted molar refractivity (Wildman–Crippen MR) is 119 cm³/mol. The minimum absolute atomic E-state index is 0.201. The van der Waals surface area contributed by atoms with Gasteiger partial charge in [-0.3, -0.25) is 14.5 Å². The first-order valence-corrected chi connectivity index (χ1v) is 10.5. The molecule has 0 N–H and O–H groups in total.